The molecule has 1 saturated heterocycles. The highest BCUT2D eigenvalue weighted by molar-refractivity contribution is 5.37. The van der Waals surface area contributed by atoms with Gasteiger partial charge in [-0.15, -0.1) is 0 Å². The topological polar surface area (TPSA) is 72.4 Å². The quantitative estimate of drug-likeness (QED) is 0.821. The van der Waals surface area contributed by atoms with Crippen LogP contribution >= 0.6 is 0 Å². The standard InChI is InChI=1S/C12H21N5O2/c1-4-13-10-14-11(16-12(15-10)18-3)17(2)8-9-6-5-7-19-9/h9H,4-8H2,1-3H3,(H,13,14,15,16). The Balaban J connectivity index is 2.09. The van der Waals surface area contributed by atoms with E-state index >= 15 is 0 Å². The fraction of sp³-hybridized carbons (Fsp3) is 0.750. The fourth-order valence-electron chi connectivity index (χ4n) is 2.02. The second-order valence-electron chi connectivity index (χ2n) is 4.49. The Morgan fingerprint density at radius 3 is 2.89 bits per heavy atom. The molecular formula is C12H21N5O2. The van der Waals surface area contributed by atoms with Crippen molar-refractivity contribution in [3.05, 3.63) is 0 Å². The van der Waals surface area contributed by atoms with E-state index < -0.39 is 0 Å². The number of hydrogen-bond acceptors (Lipinski definition) is 7. The summed E-state index contributed by atoms with van der Waals surface area (Å²) in [6, 6.07) is 0.320. The highest BCUT2D eigenvalue weighted by Gasteiger charge is 2.19. The van der Waals surface area contributed by atoms with E-state index in [-0.39, 0.29) is 6.10 Å². The average molecular weight is 267 g/mol. The zero-order valence-corrected chi connectivity index (χ0v) is 11.7. The molecule has 19 heavy (non-hydrogen) atoms. The van der Waals surface area contributed by atoms with E-state index in [4.69, 9.17) is 9.47 Å². The Hall–Kier alpha value is -1.63. The van der Waals surface area contributed by atoms with Crippen LogP contribution in [0.4, 0.5) is 11.9 Å². The Morgan fingerprint density at radius 2 is 2.26 bits per heavy atom. The van der Waals surface area contributed by atoms with E-state index in [0.29, 0.717) is 17.9 Å². The Labute approximate surface area is 113 Å². The van der Waals surface area contributed by atoms with E-state index in [1.165, 1.54) is 0 Å². The normalized spacial score (nSPS) is 18.4. The number of likely N-dealkylation sites (N-methyl/N-ethyl adjacent to an activating group) is 1. The molecule has 7 heteroatoms. The van der Waals surface area contributed by atoms with Gasteiger partial charge in [-0.25, -0.2) is 0 Å². The minimum absolute atomic E-state index is 0.260. The van der Waals surface area contributed by atoms with Gasteiger partial charge in [-0.05, 0) is 19.8 Å². The second-order valence-corrected chi connectivity index (χ2v) is 4.49. The van der Waals surface area contributed by atoms with E-state index in [1.807, 2.05) is 18.9 Å². The van der Waals surface area contributed by atoms with Crippen LogP contribution < -0.4 is 15.0 Å². The molecule has 1 aromatic rings. The van der Waals surface area contributed by atoms with Gasteiger partial charge in [0, 0.05) is 26.7 Å². The van der Waals surface area contributed by atoms with E-state index in [0.717, 1.165) is 32.5 Å². The number of rotatable bonds is 6. The van der Waals surface area contributed by atoms with E-state index in [2.05, 4.69) is 20.3 Å². The van der Waals surface area contributed by atoms with Crippen molar-refractivity contribution in [2.45, 2.75) is 25.9 Å². The van der Waals surface area contributed by atoms with Crippen LogP contribution in [0.3, 0.4) is 0 Å². The van der Waals surface area contributed by atoms with Crippen molar-refractivity contribution < 1.29 is 9.47 Å². The molecular weight excluding hydrogens is 246 g/mol. The van der Waals surface area contributed by atoms with Gasteiger partial charge < -0.3 is 19.7 Å². The summed E-state index contributed by atoms with van der Waals surface area (Å²) < 4.78 is 10.7. The van der Waals surface area contributed by atoms with Crippen LogP contribution in [0.5, 0.6) is 6.01 Å². The predicted octanol–water partition coefficient (Wildman–Crippen LogP) is 0.927. The van der Waals surface area contributed by atoms with Gasteiger partial charge in [-0.3, -0.25) is 0 Å². The first kappa shape index (κ1) is 13.8. The van der Waals surface area contributed by atoms with Gasteiger partial charge in [-0.2, -0.15) is 15.0 Å². The van der Waals surface area contributed by atoms with Crippen LogP contribution in [-0.2, 0) is 4.74 Å². The van der Waals surface area contributed by atoms with Gasteiger partial charge in [0.1, 0.15) is 0 Å². The highest BCUT2D eigenvalue weighted by Crippen LogP contribution is 2.17. The lowest BCUT2D eigenvalue weighted by atomic mass is 10.2. The monoisotopic (exact) mass is 267 g/mol. The third kappa shape index (κ3) is 3.66. The Kier molecular flexibility index (Phi) is 4.73. The SMILES string of the molecule is CCNc1nc(OC)nc(N(C)CC2CCCO2)n1. The molecule has 0 saturated carbocycles. The van der Waals surface area contributed by atoms with Gasteiger partial charge >= 0.3 is 6.01 Å². The lowest BCUT2D eigenvalue weighted by Crippen LogP contribution is -2.30. The Morgan fingerprint density at radius 1 is 1.42 bits per heavy atom. The molecule has 2 rings (SSSR count). The van der Waals surface area contributed by atoms with Crippen molar-refractivity contribution in [2.24, 2.45) is 0 Å². The molecule has 2 heterocycles. The van der Waals surface area contributed by atoms with Crippen LogP contribution in [-0.4, -0.2) is 54.9 Å². The molecule has 7 nitrogen and oxygen atoms in total. The van der Waals surface area contributed by atoms with Gasteiger partial charge in [0.2, 0.25) is 11.9 Å². The second kappa shape index (κ2) is 6.51. The van der Waals surface area contributed by atoms with Crippen LogP contribution in [0.2, 0.25) is 0 Å². The summed E-state index contributed by atoms with van der Waals surface area (Å²) in [7, 11) is 3.50. The van der Waals surface area contributed by atoms with Crippen molar-refractivity contribution >= 4 is 11.9 Å². The van der Waals surface area contributed by atoms with Gasteiger partial charge in [0.05, 0.1) is 13.2 Å². The lowest BCUT2D eigenvalue weighted by molar-refractivity contribution is 0.116. The molecule has 0 amide bonds. The molecule has 1 N–H and O–H groups in total. The zero-order chi connectivity index (χ0) is 13.7. The average Bonchev–Trinajstić information content (AvgIpc) is 2.91. The van der Waals surface area contributed by atoms with Crippen LogP contribution in [0.15, 0.2) is 0 Å². The molecule has 106 valence electrons. The predicted molar refractivity (Wildman–Crippen MR) is 72.8 cm³/mol. The highest BCUT2D eigenvalue weighted by atomic mass is 16.5. The van der Waals surface area contributed by atoms with Crippen LogP contribution in [0.1, 0.15) is 19.8 Å². The van der Waals surface area contributed by atoms with Gasteiger partial charge in [0.15, 0.2) is 0 Å². The van der Waals surface area contributed by atoms with Crippen molar-refractivity contribution in [2.75, 3.05) is 44.1 Å². The number of anilines is 2. The summed E-state index contributed by atoms with van der Waals surface area (Å²) in [6.45, 7) is 4.37. The first-order valence-electron chi connectivity index (χ1n) is 6.59. The summed E-state index contributed by atoms with van der Waals surface area (Å²) in [5.41, 5.74) is 0. The zero-order valence-electron chi connectivity index (χ0n) is 11.7. The Bertz CT molecular complexity index is 409. The third-order valence-electron chi connectivity index (χ3n) is 2.96. The summed E-state index contributed by atoms with van der Waals surface area (Å²) in [4.78, 5) is 14.7. The fourth-order valence-corrected chi connectivity index (χ4v) is 2.02. The van der Waals surface area contributed by atoms with Gasteiger partial charge in [-0.1, -0.05) is 0 Å². The molecule has 0 bridgehead atoms. The number of ether oxygens (including phenoxy) is 2. The minimum atomic E-state index is 0.260. The van der Waals surface area contributed by atoms with Crippen molar-refractivity contribution in [3.8, 4) is 6.01 Å². The summed E-state index contributed by atoms with van der Waals surface area (Å²) in [5, 5.41) is 3.07. The van der Waals surface area contributed by atoms with Crippen molar-refractivity contribution in [1.29, 1.82) is 0 Å². The molecule has 0 radical (unpaired) electrons. The molecule has 0 aromatic carbocycles. The lowest BCUT2D eigenvalue weighted by Gasteiger charge is -2.21. The maximum Gasteiger partial charge on any atom is 0.322 e. The number of aromatic nitrogens is 3. The van der Waals surface area contributed by atoms with Gasteiger partial charge in [0.25, 0.3) is 0 Å². The first-order chi connectivity index (χ1) is 9.22. The largest absolute Gasteiger partial charge is 0.467 e. The maximum absolute atomic E-state index is 5.62. The molecule has 1 unspecified atom stereocenters. The third-order valence-corrected chi connectivity index (χ3v) is 2.96. The number of nitrogens with one attached hydrogen (secondary N) is 1. The first-order valence-corrected chi connectivity index (χ1v) is 6.59. The molecule has 1 aliphatic heterocycles. The molecule has 1 atom stereocenters. The summed E-state index contributed by atoms with van der Waals surface area (Å²) in [5.74, 6) is 1.13. The summed E-state index contributed by atoms with van der Waals surface area (Å²) >= 11 is 0. The number of nitrogens with zero attached hydrogens (tertiary/aromatic N) is 4. The van der Waals surface area contributed by atoms with Crippen LogP contribution in [0, 0.1) is 0 Å². The number of hydrogen-bond donors (Lipinski definition) is 1. The molecule has 1 aliphatic rings. The molecule has 1 fully saturated rings. The molecule has 0 aliphatic carbocycles. The van der Waals surface area contributed by atoms with Crippen molar-refractivity contribution in [1.82, 2.24) is 15.0 Å². The smallest absolute Gasteiger partial charge is 0.322 e. The summed E-state index contributed by atoms with van der Waals surface area (Å²) in [6.07, 6.45) is 2.48. The maximum atomic E-state index is 5.62. The minimum Gasteiger partial charge on any atom is -0.467 e. The van der Waals surface area contributed by atoms with E-state index in [9.17, 15) is 0 Å². The molecule has 0 spiro atoms. The molecule has 1 aromatic heterocycles. The van der Waals surface area contributed by atoms with Crippen LogP contribution in [0.25, 0.3) is 0 Å². The van der Waals surface area contributed by atoms with Crippen molar-refractivity contribution in [3.63, 3.8) is 0 Å². The number of methoxy groups -OCH3 is 1. The van der Waals surface area contributed by atoms with E-state index in [1.54, 1.807) is 7.11 Å².